The van der Waals surface area contributed by atoms with Crippen molar-refractivity contribution in [2.45, 2.75) is 58.6 Å². The highest BCUT2D eigenvalue weighted by molar-refractivity contribution is 5.68. The minimum Gasteiger partial charge on any atom is -0.508 e. The van der Waals surface area contributed by atoms with Gasteiger partial charge in [-0.1, -0.05) is 12.1 Å². The molecule has 5 nitrogen and oxygen atoms in total. The number of ether oxygens (including phenoxy) is 1. The molecule has 1 aromatic rings. The van der Waals surface area contributed by atoms with E-state index in [0.29, 0.717) is 17.7 Å². The summed E-state index contributed by atoms with van der Waals surface area (Å²) in [5.74, 6) is 0.746. The fraction of sp³-hybridized carbons (Fsp3) is 0.650. The molecule has 2 rings (SSSR count). The van der Waals surface area contributed by atoms with E-state index in [4.69, 9.17) is 4.74 Å². The number of phenols is 1. The predicted molar refractivity (Wildman–Crippen MR) is 99.8 cm³/mol. The van der Waals surface area contributed by atoms with Crippen LogP contribution in [0.4, 0.5) is 4.79 Å². The van der Waals surface area contributed by atoms with E-state index < -0.39 is 5.60 Å². The third kappa shape index (κ3) is 6.58. The van der Waals surface area contributed by atoms with Crippen molar-refractivity contribution >= 4 is 6.09 Å². The van der Waals surface area contributed by atoms with Crippen LogP contribution in [0, 0.1) is 5.92 Å². The van der Waals surface area contributed by atoms with Crippen molar-refractivity contribution in [3.8, 4) is 5.75 Å². The van der Waals surface area contributed by atoms with Crippen LogP contribution >= 0.6 is 0 Å². The molecule has 0 aromatic heterocycles. The first-order valence-electron chi connectivity index (χ1n) is 9.24. The Hall–Kier alpha value is -1.75. The third-order valence-electron chi connectivity index (χ3n) is 4.63. The number of aromatic hydroxyl groups is 1. The van der Waals surface area contributed by atoms with Crippen LogP contribution in [0.1, 0.15) is 46.1 Å². The molecule has 1 aromatic carbocycles. The molecule has 1 saturated heterocycles. The highest BCUT2D eigenvalue weighted by atomic mass is 16.6. The molecule has 0 spiro atoms. The van der Waals surface area contributed by atoms with Gasteiger partial charge in [-0.25, -0.2) is 4.79 Å². The van der Waals surface area contributed by atoms with E-state index in [2.05, 4.69) is 12.2 Å². The van der Waals surface area contributed by atoms with Gasteiger partial charge in [-0.3, -0.25) is 0 Å². The average Bonchev–Trinajstić information content (AvgIpc) is 2.55. The Labute approximate surface area is 151 Å². The Bertz CT molecular complexity index is 551. The summed E-state index contributed by atoms with van der Waals surface area (Å²) in [6, 6.07) is 7.69. The summed E-state index contributed by atoms with van der Waals surface area (Å²) in [5.41, 5.74) is 0.759. The molecule has 2 unspecified atom stereocenters. The largest absolute Gasteiger partial charge is 0.508 e. The molecule has 2 N–H and O–H groups in total. The van der Waals surface area contributed by atoms with Gasteiger partial charge in [-0.15, -0.1) is 0 Å². The number of hydrogen-bond donors (Lipinski definition) is 2. The maximum absolute atomic E-state index is 12.3. The van der Waals surface area contributed by atoms with Gasteiger partial charge in [-0.05, 0) is 77.1 Å². The molecule has 140 valence electrons. The maximum atomic E-state index is 12.3. The van der Waals surface area contributed by atoms with Gasteiger partial charge in [0, 0.05) is 19.1 Å². The Morgan fingerprint density at radius 1 is 1.36 bits per heavy atom. The fourth-order valence-electron chi connectivity index (χ4n) is 3.18. The van der Waals surface area contributed by atoms with Crippen LogP contribution in [-0.2, 0) is 11.2 Å². The molecule has 25 heavy (non-hydrogen) atoms. The highest BCUT2D eigenvalue weighted by Gasteiger charge is 2.29. The molecule has 0 radical (unpaired) electrons. The number of amides is 1. The Kier molecular flexibility index (Phi) is 6.71. The van der Waals surface area contributed by atoms with Crippen LogP contribution in [0.15, 0.2) is 24.3 Å². The number of carbonyl (C=O) groups is 1. The lowest BCUT2D eigenvalue weighted by atomic mass is 9.91. The fourth-order valence-corrected chi connectivity index (χ4v) is 3.18. The van der Waals surface area contributed by atoms with E-state index in [1.165, 1.54) is 5.56 Å². The first kappa shape index (κ1) is 19.6. The summed E-state index contributed by atoms with van der Waals surface area (Å²) in [6.07, 6.45) is 2.88. The molecule has 2 atom stereocenters. The second-order valence-electron chi connectivity index (χ2n) is 7.99. The molecule has 5 heteroatoms. The topological polar surface area (TPSA) is 61.8 Å². The van der Waals surface area contributed by atoms with Gasteiger partial charge >= 0.3 is 6.09 Å². The summed E-state index contributed by atoms with van der Waals surface area (Å²) in [5, 5.41) is 12.9. The SMILES string of the molecule is CC(NCCc1ccc(O)cc1)C1CCCN(C(=O)OC(C)(C)C)C1. The van der Waals surface area contributed by atoms with E-state index in [1.807, 2.05) is 37.8 Å². The smallest absolute Gasteiger partial charge is 0.410 e. The van der Waals surface area contributed by atoms with Gasteiger partial charge < -0.3 is 20.1 Å². The van der Waals surface area contributed by atoms with Gasteiger partial charge in [0.15, 0.2) is 0 Å². The molecule has 0 saturated carbocycles. The van der Waals surface area contributed by atoms with Gasteiger partial charge in [0.1, 0.15) is 11.4 Å². The molecule has 1 fully saturated rings. The van der Waals surface area contributed by atoms with Gasteiger partial charge in [0.05, 0.1) is 0 Å². The first-order chi connectivity index (χ1) is 11.7. The number of benzene rings is 1. The Morgan fingerprint density at radius 2 is 2.04 bits per heavy atom. The van der Waals surface area contributed by atoms with E-state index in [0.717, 1.165) is 38.9 Å². The minimum absolute atomic E-state index is 0.200. The van der Waals surface area contributed by atoms with Crippen LogP contribution in [-0.4, -0.2) is 47.4 Å². The number of nitrogens with one attached hydrogen (secondary N) is 1. The van der Waals surface area contributed by atoms with E-state index >= 15 is 0 Å². The second kappa shape index (κ2) is 8.56. The van der Waals surface area contributed by atoms with Crippen LogP contribution < -0.4 is 5.32 Å². The summed E-state index contributed by atoms with van der Waals surface area (Å²) < 4.78 is 5.50. The van der Waals surface area contributed by atoms with E-state index in [9.17, 15) is 9.90 Å². The Balaban J connectivity index is 1.77. The highest BCUT2D eigenvalue weighted by Crippen LogP contribution is 2.22. The molecule has 0 bridgehead atoms. The molecule has 0 aliphatic carbocycles. The lowest BCUT2D eigenvalue weighted by Gasteiger charge is -2.36. The average molecular weight is 348 g/mol. The van der Waals surface area contributed by atoms with E-state index in [1.54, 1.807) is 12.1 Å². The number of carbonyl (C=O) groups excluding carboxylic acids is 1. The van der Waals surface area contributed by atoms with Crippen LogP contribution in [0.5, 0.6) is 5.75 Å². The third-order valence-corrected chi connectivity index (χ3v) is 4.63. The quantitative estimate of drug-likeness (QED) is 0.854. The molecular formula is C20H32N2O3. The van der Waals surface area contributed by atoms with Crippen LogP contribution in [0.3, 0.4) is 0 Å². The number of likely N-dealkylation sites (tertiary alicyclic amines) is 1. The lowest BCUT2D eigenvalue weighted by Crippen LogP contribution is -2.48. The second-order valence-corrected chi connectivity index (χ2v) is 7.99. The lowest BCUT2D eigenvalue weighted by molar-refractivity contribution is 0.0149. The van der Waals surface area contributed by atoms with Crippen molar-refractivity contribution in [1.82, 2.24) is 10.2 Å². The molecule has 1 amide bonds. The van der Waals surface area contributed by atoms with Crippen LogP contribution in [0.2, 0.25) is 0 Å². The van der Waals surface area contributed by atoms with Gasteiger partial charge in [-0.2, -0.15) is 0 Å². The van der Waals surface area contributed by atoms with Gasteiger partial charge in [0.2, 0.25) is 0 Å². The summed E-state index contributed by atoms with van der Waals surface area (Å²) in [4.78, 5) is 14.1. The van der Waals surface area contributed by atoms with Crippen molar-refractivity contribution in [3.05, 3.63) is 29.8 Å². The summed E-state index contributed by atoms with van der Waals surface area (Å²) in [6.45, 7) is 10.3. The van der Waals surface area contributed by atoms with Crippen LogP contribution in [0.25, 0.3) is 0 Å². The predicted octanol–water partition coefficient (Wildman–Crippen LogP) is 3.56. The minimum atomic E-state index is -0.446. The number of rotatable bonds is 5. The number of hydrogen-bond acceptors (Lipinski definition) is 4. The van der Waals surface area contributed by atoms with Gasteiger partial charge in [0.25, 0.3) is 0 Å². The molecule has 1 heterocycles. The van der Waals surface area contributed by atoms with Crippen molar-refractivity contribution in [2.75, 3.05) is 19.6 Å². The first-order valence-corrected chi connectivity index (χ1v) is 9.24. The zero-order valence-corrected chi connectivity index (χ0v) is 15.9. The standard InChI is InChI=1S/C20H32N2O3/c1-15(21-12-11-16-7-9-18(23)10-8-16)17-6-5-13-22(14-17)19(24)25-20(2,3)4/h7-10,15,17,21,23H,5-6,11-14H2,1-4H3. The molecular weight excluding hydrogens is 316 g/mol. The monoisotopic (exact) mass is 348 g/mol. The maximum Gasteiger partial charge on any atom is 0.410 e. The zero-order chi connectivity index (χ0) is 18.4. The van der Waals surface area contributed by atoms with E-state index in [-0.39, 0.29) is 6.09 Å². The Morgan fingerprint density at radius 3 is 2.68 bits per heavy atom. The van der Waals surface area contributed by atoms with Crippen molar-refractivity contribution in [1.29, 1.82) is 0 Å². The number of nitrogens with zero attached hydrogens (tertiary/aromatic N) is 1. The molecule has 1 aliphatic heterocycles. The van der Waals surface area contributed by atoms with Crippen molar-refractivity contribution < 1.29 is 14.6 Å². The normalized spacial score (nSPS) is 19.5. The molecule has 1 aliphatic rings. The number of piperidine rings is 1. The zero-order valence-electron chi connectivity index (χ0n) is 15.9. The van der Waals surface area contributed by atoms with Crippen molar-refractivity contribution in [2.24, 2.45) is 5.92 Å². The summed E-state index contributed by atoms with van der Waals surface area (Å²) >= 11 is 0. The number of phenolic OH excluding ortho intramolecular Hbond substituents is 1. The summed E-state index contributed by atoms with van der Waals surface area (Å²) in [7, 11) is 0. The van der Waals surface area contributed by atoms with Crippen molar-refractivity contribution in [3.63, 3.8) is 0 Å².